The van der Waals surface area contributed by atoms with Gasteiger partial charge in [0.25, 0.3) is 11.8 Å². The van der Waals surface area contributed by atoms with E-state index in [2.05, 4.69) is 28.8 Å². The van der Waals surface area contributed by atoms with E-state index in [0.29, 0.717) is 27.4 Å². The van der Waals surface area contributed by atoms with Gasteiger partial charge in [-0.15, -0.1) is 0 Å². The second kappa shape index (κ2) is 13.8. The number of hydrazone groups is 1. The van der Waals surface area contributed by atoms with Crippen LogP contribution < -0.4 is 20.2 Å². The van der Waals surface area contributed by atoms with Crippen molar-refractivity contribution in [2.45, 2.75) is 20.3 Å². The van der Waals surface area contributed by atoms with E-state index < -0.39 is 0 Å². The highest BCUT2D eigenvalue weighted by Crippen LogP contribution is 2.33. The Labute approximate surface area is 243 Å². The molecular weight excluding hydrogens is 544 g/mol. The standard InChI is InChI=1S/C30H30N4O4S2/c1-4-22-7-5-6-8-26(22)31-19-34-29(36)27(40-30(34)39)17-21-9-13-25(14-10-21)38-18-28(35)33-32-20(2)23-11-15-24(37-3)16-12-23/h5-17,31H,4,18-19H2,1-3H3,(H,33,35)/b27-17+,32-20+. The van der Waals surface area contributed by atoms with Crippen molar-refractivity contribution in [2.24, 2.45) is 5.10 Å². The number of aryl methyl sites for hydroxylation is 1. The molecule has 8 nitrogen and oxygen atoms in total. The van der Waals surface area contributed by atoms with Crippen LogP contribution in [0.1, 0.15) is 30.5 Å². The van der Waals surface area contributed by atoms with Crippen LogP contribution >= 0.6 is 24.0 Å². The summed E-state index contributed by atoms with van der Waals surface area (Å²) in [5.74, 6) is 0.751. The maximum Gasteiger partial charge on any atom is 0.277 e. The van der Waals surface area contributed by atoms with Crippen molar-refractivity contribution in [3.8, 4) is 11.5 Å². The molecule has 2 N–H and O–H groups in total. The summed E-state index contributed by atoms with van der Waals surface area (Å²) in [6.07, 6.45) is 2.69. The van der Waals surface area contributed by atoms with E-state index in [4.69, 9.17) is 21.7 Å². The van der Waals surface area contributed by atoms with E-state index >= 15 is 0 Å². The number of nitrogens with one attached hydrogen (secondary N) is 2. The van der Waals surface area contributed by atoms with Crippen LogP contribution in [-0.4, -0.2) is 47.1 Å². The summed E-state index contributed by atoms with van der Waals surface area (Å²) in [7, 11) is 1.60. The molecule has 1 fully saturated rings. The first-order valence-corrected chi connectivity index (χ1v) is 13.9. The second-order valence-electron chi connectivity index (χ2n) is 8.77. The molecular formula is C30H30N4O4S2. The molecule has 4 rings (SSSR count). The number of anilines is 1. The first kappa shape index (κ1) is 28.8. The third kappa shape index (κ3) is 7.49. The smallest absolute Gasteiger partial charge is 0.277 e. The number of amides is 2. The Morgan fingerprint density at radius 3 is 2.45 bits per heavy atom. The van der Waals surface area contributed by atoms with Gasteiger partial charge in [-0.1, -0.05) is 61.2 Å². The lowest BCUT2D eigenvalue weighted by atomic mass is 10.1. The molecule has 0 unspecified atom stereocenters. The lowest BCUT2D eigenvalue weighted by molar-refractivity contribution is -0.123. The Morgan fingerprint density at radius 2 is 1.75 bits per heavy atom. The van der Waals surface area contributed by atoms with Gasteiger partial charge in [-0.2, -0.15) is 5.10 Å². The number of carbonyl (C=O) groups is 2. The molecule has 0 aromatic heterocycles. The number of para-hydroxylation sites is 1. The summed E-state index contributed by atoms with van der Waals surface area (Å²) >= 11 is 6.73. The monoisotopic (exact) mass is 574 g/mol. The number of carbonyl (C=O) groups excluding carboxylic acids is 2. The van der Waals surface area contributed by atoms with Gasteiger partial charge in [0.2, 0.25) is 0 Å². The molecule has 10 heteroatoms. The minimum absolute atomic E-state index is 0.140. The predicted octanol–water partition coefficient (Wildman–Crippen LogP) is 5.45. The molecule has 1 saturated heterocycles. The Hall–Kier alpha value is -4.15. The van der Waals surface area contributed by atoms with Gasteiger partial charge in [0.1, 0.15) is 15.8 Å². The molecule has 1 aliphatic heterocycles. The normalized spacial score (nSPS) is 14.4. The zero-order valence-electron chi connectivity index (χ0n) is 22.5. The minimum atomic E-state index is -0.379. The summed E-state index contributed by atoms with van der Waals surface area (Å²) in [4.78, 5) is 27.3. The van der Waals surface area contributed by atoms with Gasteiger partial charge in [-0.3, -0.25) is 14.5 Å². The quantitative estimate of drug-likeness (QED) is 0.136. The van der Waals surface area contributed by atoms with Gasteiger partial charge in [0.05, 0.1) is 24.4 Å². The number of methoxy groups -OCH3 is 1. The predicted molar refractivity (Wildman–Crippen MR) is 165 cm³/mol. The summed E-state index contributed by atoms with van der Waals surface area (Å²) < 4.78 is 11.2. The lowest BCUT2D eigenvalue weighted by Crippen LogP contribution is -2.33. The Balaban J connectivity index is 1.28. The van der Waals surface area contributed by atoms with Gasteiger partial charge in [-0.25, -0.2) is 5.43 Å². The minimum Gasteiger partial charge on any atom is -0.497 e. The number of thioether (sulfide) groups is 1. The van der Waals surface area contributed by atoms with Crippen LogP contribution in [0.15, 0.2) is 82.8 Å². The molecule has 0 aliphatic carbocycles. The van der Waals surface area contributed by atoms with Crippen LogP contribution in [0.2, 0.25) is 0 Å². The van der Waals surface area contributed by atoms with Crippen molar-refractivity contribution in [2.75, 3.05) is 25.7 Å². The van der Waals surface area contributed by atoms with E-state index in [9.17, 15) is 9.59 Å². The van der Waals surface area contributed by atoms with Crippen LogP contribution in [0.3, 0.4) is 0 Å². The number of hydrogen-bond donors (Lipinski definition) is 2. The van der Waals surface area contributed by atoms with Crippen LogP contribution in [-0.2, 0) is 16.0 Å². The molecule has 1 aliphatic rings. The summed E-state index contributed by atoms with van der Waals surface area (Å²) in [5.41, 5.74) is 7.02. The van der Waals surface area contributed by atoms with E-state index in [1.54, 1.807) is 37.1 Å². The number of benzene rings is 3. The van der Waals surface area contributed by atoms with Gasteiger partial charge in [-0.05, 0) is 78.6 Å². The first-order valence-electron chi connectivity index (χ1n) is 12.7. The maximum absolute atomic E-state index is 13.0. The number of nitrogens with zero attached hydrogens (tertiary/aromatic N) is 2. The Morgan fingerprint density at radius 1 is 1.05 bits per heavy atom. The van der Waals surface area contributed by atoms with Crippen molar-refractivity contribution < 1.29 is 19.1 Å². The first-order chi connectivity index (χ1) is 19.4. The van der Waals surface area contributed by atoms with Gasteiger partial charge in [0.15, 0.2) is 6.61 Å². The average Bonchev–Trinajstić information content (AvgIpc) is 3.25. The fourth-order valence-electron chi connectivity index (χ4n) is 3.84. The molecule has 1 heterocycles. The number of ether oxygens (including phenoxy) is 2. The molecule has 3 aromatic carbocycles. The zero-order valence-corrected chi connectivity index (χ0v) is 24.1. The van der Waals surface area contributed by atoms with Crippen LogP contribution in [0.5, 0.6) is 11.5 Å². The van der Waals surface area contributed by atoms with Crippen molar-refractivity contribution in [1.29, 1.82) is 0 Å². The number of hydrogen-bond acceptors (Lipinski definition) is 8. The molecule has 0 atom stereocenters. The van der Waals surface area contributed by atoms with Crippen molar-refractivity contribution in [3.63, 3.8) is 0 Å². The lowest BCUT2D eigenvalue weighted by Gasteiger charge is -2.17. The van der Waals surface area contributed by atoms with Crippen LogP contribution in [0, 0.1) is 0 Å². The van der Waals surface area contributed by atoms with E-state index in [1.807, 2.05) is 54.6 Å². The maximum atomic E-state index is 13.0. The number of thiocarbonyl (C=S) groups is 1. The fraction of sp³-hybridized carbons (Fsp3) is 0.200. The van der Waals surface area contributed by atoms with Crippen LogP contribution in [0.4, 0.5) is 5.69 Å². The topological polar surface area (TPSA) is 92.3 Å². The fourth-order valence-corrected chi connectivity index (χ4v) is 5.09. The third-order valence-electron chi connectivity index (χ3n) is 6.10. The SMILES string of the molecule is CCc1ccccc1NCN1C(=O)/C(=C\c2ccc(OCC(=O)N/N=C(\C)c3ccc(OC)cc3)cc2)SC1=S. The molecule has 40 heavy (non-hydrogen) atoms. The van der Waals surface area contributed by atoms with Gasteiger partial charge >= 0.3 is 0 Å². The summed E-state index contributed by atoms with van der Waals surface area (Å²) in [6.45, 7) is 4.01. The molecule has 2 amide bonds. The van der Waals surface area contributed by atoms with E-state index in [-0.39, 0.29) is 18.4 Å². The highest BCUT2D eigenvalue weighted by atomic mass is 32.2. The van der Waals surface area contributed by atoms with Crippen molar-refractivity contribution in [3.05, 3.63) is 94.4 Å². The molecule has 206 valence electrons. The average molecular weight is 575 g/mol. The largest absolute Gasteiger partial charge is 0.497 e. The molecule has 0 saturated carbocycles. The second-order valence-corrected chi connectivity index (χ2v) is 10.4. The van der Waals surface area contributed by atoms with Gasteiger partial charge < -0.3 is 14.8 Å². The van der Waals surface area contributed by atoms with E-state index in [0.717, 1.165) is 29.0 Å². The van der Waals surface area contributed by atoms with Crippen LogP contribution in [0.25, 0.3) is 6.08 Å². The zero-order chi connectivity index (χ0) is 28.5. The third-order valence-corrected chi connectivity index (χ3v) is 7.48. The van der Waals surface area contributed by atoms with Gasteiger partial charge in [0, 0.05) is 5.69 Å². The Kier molecular flexibility index (Phi) is 9.93. The highest BCUT2D eigenvalue weighted by Gasteiger charge is 2.31. The summed E-state index contributed by atoms with van der Waals surface area (Å²) in [5, 5.41) is 7.45. The van der Waals surface area contributed by atoms with Crippen molar-refractivity contribution >= 4 is 57.6 Å². The van der Waals surface area contributed by atoms with E-state index in [1.165, 1.54) is 17.3 Å². The van der Waals surface area contributed by atoms with Crippen molar-refractivity contribution in [1.82, 2.24) is 10.3 Å². The molecule has 0 radical (unpaired) electrons. The molecule has 0 bridgehead atoms. The Bertz CT molecular complexity index is 1440. The molecule has 0 spiro atoms. The highest BCUT2D eigenvalue weighted by molar-refractivity contribution is 8.26. The summed E-state index contributed by atoms with van der Waals surface area (Å²) in [6, 6.07) is 22.5. The number of rotatable bonds is 11. The molecule has 3 aromatic rings.